The maximum Gasteiger partial charge on any atom is 0.416 e. The number of halogens is 3. The fraction of sp³-hybridized carbons (Fsp3) is 0.333. The van der Waals surface area contributed by atoms with Crippen molar-refractivity contribution in [2.45, 2.75) is 31.5 Å². The lowest BCUT2D eigenvalue weighted by Crippen LogP contribution is -2.19. The van der Waals surface area contributed by atoms with Gasteiger partial charge in [-0.05, 0) is 31.4 Å². The summed E-state index contributed by atoms with van der Waals surface area (Å²) in [4.78, 5) is 8.58. The van der Waals surface area contributed by atoms with Gasteiger partial charge in [-0.15, -0.1) is 0 Å². The van der Waals surface area contributed by atoms with Crippen LogP contribution in [0.2, 0.25) is 0 Å². The third-order valence-corrected chi connectivity index (χ3v) is 3.68. The maximum atomic E-state index is 12.8. The summed E-state index contributed by atoms with van der Waals surface area (Å²) in [6.07, 6.45) is -0.113. The zero-order chi connectivity index (χ0) is 15.0. The second kappa shape index (κ2) is 5.11. The van der Waals surface area contributed by atoms with Crippen LogP contribution in [0.5, 0.6) is 0 Å². The van der Waals surface area contributed by atoms with Crippen LogP contribution in [0.4, 0.5) is 13.2 Å². The molecular formula is C15H14F3N3. The lowest BCUT2D eigenvalue weighted by molar-refractivity contribution is -0.137. The zero-order valence-electron chi connectivity index (χ0n) is 11.2. The molecule has 0 spiro atoms. The standard InChI is InChI=1S/C15H14F3N3/c16-15(17,18)10-4-1-3-9(7-10)14-20-8-11-12(19)5-2-6-13(11)21-14/h1,3-4,7-8,12H,2,5-6,19H2. The molecule has 0 saturated carbocycles. The Hall–Kier alpha value is -1.95. The van der Waals surface area contributed by atoms with Crippen molar-refractivity contribution in [3.05, 3.63) is 47.3 Å². The molecule has 0 saturated heterocycles. The largest absolute Gasteiger partial charge is 0.416 e. The highest BCUT2D eigenvalue weighted by Crippen LogP contribution is 2.32. The average Bonchev–Trinajstić information content (AvgIpc) is 2.46. The molecule has 0 fully saturated rings. The first-order chi connectivity index (χ1) is 9.95. The quantitative estimate of drug-likeness (QED) is 0.875. The van der Waals surface area contributed by atoms with Crippen molar-refractivity contribution in [2.24, 2.45) is 5.73 Å². The summed E-state index contributed by atoms with van der Waals surface area (Å²) in [7, 11) is 0. The molecule has 21 heavy (non-hydrogen) atoms. The highest BCUT2D eigenvalue weighted by Gasteiger charge is 2.30. The van der Waals surface area contributed by atoms with Gasteiger partial charge in [0.1, 0.15) is 0 Å². The molecule has 0 bridgehead atoms. The van der Waals surface area contributed by atoms with Gasteiger partial charge >= 0.3 is 6.18 Å². The molecule has 0 aliphatic heterocycles. The van der Waals surface area contributed by atoms with Crippen LogP contribution in [0.1, 0.15) is 35.7 Å². The predicted molar refractivity (Wildman–Crippen MR) is 72.3 cm³/mol. The number of aromatic nitrogens is 2. The van der Waals surface area contributed by atoms with E-state index in [1.807, 2.05) is 0 Å². The molecule has 1 atom stereocenters. The van der Waals surface area contributed by atoms with Crippen LogP contribution in [-0.4, -0.2) is 9.97 Å². The average molecular weight is 293 g/mol. The lowest BCUT2D eigenvalue weighted by atomic mass is 9.93. The first-order valence-corrected chi connectivity index (χ1v) is 6.74. The van der Waals surface area contributed by atoms with Gasteiger partial charge in [0.25, 0.3) is 0 Å². The molecule has 1 heterocycles. The molecule has 3 rings (SSSR count). The van der Waals surface area contributed by atoms with E-state index < -0.39 is 11.7 Å². The van der Waals surface area contributed by atoms with Gasteiger partial charge in [-0.2, -0.15) is 13.2 Å². The molecule has 0 amide bonds. The number of fused-ring (bicyclic) bond motifs is 1. The minimum Gasteiger partial charge on any atom is -0.324 e. The van der Waals surface area contributed by atoms with Gasteiger partial charge in [-0.25, -0.2) is 9.97 Å². The molecule has 6 heteroatoms. The fourth-order valence-electron chi connectivity index (χ4n) is 2.56. The molecule has 2 aromatic rings. The Morgan fingerprint density at radius 3 is 2.81 bits per heavy atom. The SMILES string of the molecule is NC1CCCc2nc(-c3cccc(C(F)(F)F)c3)ncc21. The van der Waals surface area contributed by atoms with E-state index in [9.17, 15) is 13.2 Å². The summed E-state index contributed by atoms with van der Waals surface area (Å²) in [6, 6.07) is 4.98. The summed E-state index contributed by atoms with van der Waals surface area (Å²) in [5.74, 6) is 0.314. The van der Waals surface area contributed by atoms with E-state index in [0.717, 1.165) is 42.7 Å². The second-order valence-corrected chi connectivity index (χ2v) is 5.17. The molecule has 0 radical (unpaired) electrons. The predicted octanol–water partition coefficient (Wildman–Crippen LogP) is 3.50. The molecule has 1 aliphatic carbocycles. The Labute approximate surface area is 120 Å². The highest BCUT2D eigenvalue weighted by molar-refractivity contribution is 5.57. The monoisotopic (exact) mass is 293 g/mol. The Morgan fingerprint density at radius 2 is 2.05 bits per heavy atom. The second-order valence-electron chi connectivity index (χ2n) is 5.17. The van der Waals surface area contributed by atoms with Crippen LogP contribution in [0, 0.1) is 0 Å². The summed E-state index contributed by atoms with van der Waals surface area (Å²) < 4.78 is 38.3. The van der Waals surface area contributed by atoms with Crippen LogP contribution in [0.15, 0.2) is 30.5 Å². The molecule has 2 N–H and O–H groups in total. The van der Waals surface area contributed by atoms with Crippen LogP contribution >= 0.6 is 0 Å². The minimum atomic E-state index is -4.37. The topological polar surface area (TPSA) is 51.8 Å². The smallest absolute Gasteiger partial charge is 0.324 e. The fourth-order valence-corrected chi connectivity index (χ4v) is 2.56. The van der Waals surface area contributed by atoms with E-state index >= 15 is 0 Å². The van der Waals surface area contributed by atoms with Gasteiger partial charge in [0.15, 0.2) is 5.82 Å². The third-order valence-electron chi connectivity index (χ3n) is 3.68. The molecule has 3 nitrogen and oxygen atoms in total. The molecule has 110 valence electrons. The normalized spacial score (nSPS) is 18.4. The lowest BCUT2D eigenvalue weighted by Gasteiger charge is -2.21. The van der Waals surface area contributed by atoms with Gasteiger partial charge < -0.3 is 5.73 Å². The van der Waals surface area contributed by atoms with Gasteiger partial charge in [0, 0.05) is 29.1 Å². The number of nitrogens with two attached hydrogens (primary N) is 1. The first-order valence-electron chi connectivity index (χ1n) is 6.74. The molecule has 1 aliphatic rings. The van der Waals surface area contributed by atoms with Crippen molar-refractivity contribution < 1.29 is 13.2 Å². The number of rotatable bonds is 1. The van der Waals surface area contributed by atoms with Crippen LogP contribution < -0.4 is 5.73 Å². The molecular weight excluding hydrogens is 279 g/mol. The van der Waals surface area contributed by atoms with Crippen LogP contribution in [0.25, 0.3) is 11.4 Å². The Kier molecular flexibility index (Phi) is 3.41. The van der Waals surface area contributed by atoms with E-state index in [1.165, 1.54) is 6.07 Å². The number of benzene rings is 1. The van der Waals surface area contributed by atoms with Crippen molar-refractivity contribution in [2.75, 3.05) is 0 Å². The van der Waals surface area contributed by atoms with E-state index in [-0.39, 0.29) is 6.04 Å². The maximum absolute atomic E-state index is 12.8. The van der Waals surface area contributed by atoms with Crippen molar-refractivity contribution in [3.8, 4) is 11.4 Å². The van der Waals surface area contributed by atoms with Gasteiger partial charge in [-0.1, -0.05) is 12.1 Å². The van der Waals surface area contributed by atoms with Crippen molar-refractivity contribution in [3.63, 3.8) is 0 Å². The molecule has 1 aromatic heterocycles. The summed E-state index contributed by atoms with van der Waals surface area (Å²) in [5.41, 5.74) is 7.40. The van der Waals surface area contributed by atoms with Crippen molar-refractivity contribution in [1.82, 2.24) is 9.97 Å². The minimum absolute atomic E-state index is 0.0793. The van der Waals surface area contributed by atoms with Gasteiger partial charge in [0.05, 0.1) is 5.56 Å². The number of alkyl halides is 3. The van der Waals surface area contributed by atoms with Crippen LogP contribution in [0.3, 0.4) is 0 Å². The van der Waals surface area contributed by atoms with Gasteiger partial charge in [-0.3, -0.25) is 0 Å². The summed E-state index contributed by atoms with van der Waals surface area (Å²) in [6.45, 7) is 0. The van der Waals surface area contributed by atoms with Crippen LogP contribution in [-0.2, 0) is 12.6 Å². The number of hydrogen-bond acceptors (Lipinski definition) is 3. The Balaban J connectivity index is 2.02. The first kappa shape index (κ1) is 14.0. The van der Waals surface area contributed by atoms with E-state index in [1.54, 1.807) is 12.3 Å². The van der Waals surface area contributed by atoms with Crippen molar-refractivity contribution in [1.29, 1.82) is 0 Å². The third kappa shape index (κ3) is 2.76. The molecule has 1 unspecified atom stereocenters. The van der Waals surface area contributed by atoms with Crippen molar-refractivity contribution >= 4 is 0 Å². The number of hydrogen-bond donors (Lipinski definition) is 1. The highest BCUT2D eigenvalue weighted by atomic mass is 19.4. The van der Waals surface area contributed by atoms with E-state index in [4.69, 9.17) is 5.73 Å². The Morgan fingerprint density at radius 1 is 1.24 bits per heavy atom. The van der Waals surface area contributed by atoms with E-state index in [2.05, 4.69) is 9.97 Å². The summed E-state index contributed by atoms with van der Waals surface area (Å²) in [5, 5.41) is 0. The number of nitrogens with zero attached hydrogens (tertiary/aromatic N) is 2. The summed E-state index contributed by atoms with van der Waals surface area (Å²) >= 11 is 0. The zero-order valence-corrected chi connectivity index (χ0v) is 11.2. The number of aryl methyl sites for hydroxylation is 1. The van der Waals surface area contributed by atoms with Gasteiger partial charge in [0.2, 0.25) is 0 Å². The molecule has 1 aromatic carbocycles. The van der Waals surface area contributed by atoms with E-state index in [0.29, 0.717) is 11.4 Å². The Bertz CT molecular complexity index is 667.